The molecular weight excluding hydrogens is 469 g/mol. The number of unbranched alkanes of at least 4 members (excludes halogenated alkanes) is 10. The Labute approximate surface area is 214 Å². The maximum absolute atomic E-state index is 12.0. The summed E-state index contributed by atoms with van der Waals surface area (Å²) in [5.74, 6) is -0.492. The topological polar surface area (TPSA) is 91.3 Å². The van der Waals surface area contributed by atoms with Gasteiger partial charge in [-0.15, -0.1) is 0 Å². The smallest absolute Gasteiger partial charge is 0.458 e. The Bertz CT molecular complexity index is 593. The molecule has 0 aliphatic rings. The average molecular weight is 523 g/mol. The quantitative estimate of drug-likeness (QED) is 0.0544. The molecule has 0 aliphatic carbocycles. The highest BCUT2D eigenvalue weighted by atomic mass is 31.2. The van der Waals surface area contributed by atoms with Gasteiger partial charge in [0.15, 0.2) is 0 Å². The minimum absolute atomic E-state index is 0.0858. The highest BCUT2D eigenvalue weighted by molar-refractivity contribution is 7.47. The number of likely N-dealkylation sites (N-methyl/N-ethyl adjacent to an activating group) is 1. The van der Waals surface area contributed by atoms with Crippen molar-refractivity contribution >= 4 is 13.8 Å². The predicted octanol–water partition coefficient (Wildman–Crippen LogP) is 6.03. The molecule has 2 atom stereocenters. The van der Waals surface area contributed by atoms with Crippen molar-refractivity contribution in [2.24, 2.45) is 0 Å². The van der Waals surface area contributed by atoms with Crippen molar-refractivity contribution in [2.45, 2.75) is 97.0 Å². The standard InChI is InChI=1S/C26H52NO7P/c1-6-7-8-9-10-11-12-13-14-15-16-17-18-19-21-31-23-26(34-25(2)28)24-33-35(29,30)32-22-20-27(3,4)5/h9-10,26H,6-8,11-24H2,1-5H3/p+1/b10-9-/t26-/m1/s1. The van der Waals surface area contributed by atoms with Crippen molar-refractivity contribution in [1.82, 2.24) is 0 Å². The van der Waals surface area contributed by atoms with Crippen LogP contribution in [0.15, 0.2) is 12.2 Å². The zero-order chi connectivity index (χ0) is 26.4. The minimum Gasteiger partial charge on any atom is -0.458 e. The fraction of sp³-hybridized carbons (Fsp3) is 0.885. The molecule has 0 aromatic heterocycles. The van der Waals surface area contributed by atoms with Crippen LogP contribution < -0.4 is 0 Å². The summed E-state index contributed by atoms with van der Waals surface area (Å²) in [4.78, 5) is 21.2. The van der Waals surface area contributed by atoms with Crippen molar-refractivity contribution in [2.75, 3.05) is 54.1 Å². The summed E-state index contributed by atoms with van der Waals surface area (Å²) in [7, 11) is 1.65. The molecular formula is C26H53NO7P+. The second-order valence-electron chi connectivity index (χ2n) is 10.1. The Morgan fingerprint density at radius 1 is 0.857 bits per heavy atom. The first-order valence-electron chi connectivity index (χ1n) is 13.4. The lowest BCUT2D eigenvalue weighted by Crippen LogP contribution is -2.37. The van der Waals surface area contributed by atoms with E-state index in [1.807, 2.05) is 21.1 Å². The maximum Gasteiger partial charge on any atom is 0.472 e. The van der Waals surface area contributed by atoms with Crippen molar-refractivity contribution in [3.63, 3.8) is 0 Å². The van der Waals surface area contributed by atoms with E-state index in [1.54, 1.807) is 0 Å². The zero-order valence-corrected chi connectivity index (χ0v) is 23.9. The number of phosphoric acid groups is 1. The Hall–Kier alpha value is -0.760. The number of quaternary nitrogens is 1. The summed E-state index contributed by atoms with van der Waals surface area (Å²) in [6.07, 6.45) is 18.5. The molecule has 0 aromatic rings. The van der Waals surface area contributed by atoms with Gasteiger partial charge in [-0.3, -0.25) is 13.8 Å². The number of hydrogen-bond donors (Lipinski definition) is 1. The van der Waals surface area contributed by atoms with Gasteiger partial charge in [0, 0.05) is 13.5 Å². The fourth-order valence-corrected chi connectivity index (χ4v) is 4.04. The molecule has 0 saturated heterocycles. The van der Waals surface area contributed by atoms with Gasteiger partial charge >= 0.3 is 13.8 Å². The monoisotopic (exact) mass is 522 g/mol. The summed E-state index contributed by atoms with van der Waals surface area (Å²) in [5, 5.41) is 0. The minimum atomic E-state index is -4.21. The largest absolute Gasteiger partial charge is 0.472 e. The van der Waals surface area contributed by atoms with Crippen molar-refractivity contribution < 1.29 is 37.3 Å². The van der Waals surface area contributed by atoms with Gasteiger partial charge in [-0.2, -0.15) is 0 Å². The lowest BCUT2D eigenvalue weighted by atomic mass is 10.1. The van der Waals surface area contributed by atoms with Gasteiger partial charge in [0.2, 0.25) is 0 Å². The van der Waals surface area contributed by atoms with Crippen LogP contribution in [0.4, 0.5) is 0 Å². The van der Waals surface area contributed by atoms with Crippen LogP contribution in [0.3, 0.4) is 0 Å². The van der Waals surface area contributed by atoms with E-state index in [9.17, 15) is 14.3 Å². The van der Waals surface area contributed by atoms with Gasteiger partial charge in [-0.05, 0) is 25.7 Å². The third-order valence-electron chi connectivity index (χ3n) is 5.38. The van der Waals surface area contributed by atoms with E-state index in [-0.39, 0.29) is 19.8 Å². The number of phosphoric ester groups is 1. The molecule has 0 bridgehead atoms. The van der Waals surface area contributed by atoms with E-state index in [1.165, 1.54) is 71.1 Å². The molecule has 0 spiro atoms. The predicted molar refractivity (Wildman–Crippen MR) is 141 cm³/mol. The third kappa shape index (κ3) is 26.1. The van der Waals surface area contributed by atoms with Crippen molar-refractivity contribution in [1.29, 1.82) is 0 Å². The average Bonchev–Trinajstić information content (AvgIpc) is 2.75. The van der Waals surface area contributed by atoms with Gasteiger partial charge in [0.25, 0.3) is 0 Å². The van der Waals surface area contributed by atoms with Gasteiger partial charge < -0.3 is 18.9 Å². The first-order valence-corrected chi connectivity index (χ1v) is 14.9. The highest BCUT2D eigenvalue weighted by Crippen LogP contribution is 2.43. The highest BCUT2D eigenvalue weighted by Gasteiger charge is 2.25. The maximum atomic E-state index is 12.0. The molecule has 0 fully saturated rings. The van der Waals surface area contributed by atoms with Crippen LogP contribution in [0.2, 0.25) is 0 Å². The summed E-state index contributed by atoms with van der Waals surface area (Å²) >= 11 is 0. The van der Waals surface area contributed by atoms with Crippen LogP contribution in [0.5, 0.6) is 0 Å². The number of carbonyl (C=O) groups excluding carboxylic acids is 1. The number of nitrogens with zero attached hydrogens (tertiary/aromatic N) is 1. The van der Waals surface area contributed by atoms with E-state index >= 15 is 0 Å². The van der Waals surface area contributed by atoms with Gasteiger partial charge in [0.05, 0.1) is 34.4 Å². The van der Waals surface area contributed by atoms with E-state index < -0.39 is 19.9 Å². The summed E-state index contributed by atoms with van der Waals surface area (Å²) in [5.41, 5.74) is 0. The number of ether oxygens (including phenoxy) is 2. The Kier molecular flexibility index (Phi) is 20.9. The fourth-order valence-electron chi connectivity index (χ4n) is 3.29. The molecule has 0 heterocycles. The Morgan fingerprint density at radius 3 is 2.00 bits per heavy atom. The molecule has 0 saturated carbocycles. The van der Waals surface area contributed by atoms with Crippen LogP contribution in [0, 0.1) is 0 Å². The van der Waals surface area contributed by atoms with E-state index in [0.29, 0.717) is 17.6 Å². The van der Waals surface area contributed by atoms with E-state index in [0.717, 1.165) is 12.8 Å². The first-order chi connectivity index (χ1) is 16.6. The molecule has 0 aromatic carbocycles. The summed E-state index contributed by atoms with van der Waals surface area (Å²) < 4.78 is 33.4. The molecule has 0 amide bonds. The number of allylic oxidation sites excluding steroid dienone is 2. The molecule has 8 nitrogen and oxygen atoms in total. The lowest BCUT2D eigenvalue weighted by Gasteiger charge is -2.24. The van der Waals surface area contributed by atoms with Crippen LogP contribution >= 0.6 is 7.82 Å². The van der Waals surface area contributed by atoms with Crippen molar-refractivity contribution in [3.8, 4) is 0 Å². The number of rotatable bonds is 24. The SMILES string of the molecule is CCCC/C=C\CCCCCCCCCCOC[C@H](COP(=O)(O)OCC[N+](C)(C)C)OC(C)=O. The molecule has 1 N–H and O–H groups in total. The van der Waals surface area contributed by atoms with Crippen LogP contribution in [0.25, 0.3) is 0 Å². The third-order valence-corrected chi connectivity index (χ3v) is 6.36. The number of carbonyl (C=O) groups is 1. The van der Waals surface area contributed by atoms with Gasteiger partial charge in [-0.1, -0.05) is 70.4 Å². The summed E-state index contributed by atoms with van der Waals surface area (Å²) in [6.45, 7) is 4.57. The molecule has 1 unspecified atom stereocenters. The van der Waals surface area contributed by atoms with Crippen molar-refractivity contribution in [3.05, 3.63) is 12.2 Å². The van der Waals surface area contributed by atoms with Crippen LogP contribution in [-0.2, 0) is 27.9 Å². The Balaban J connectivity index is 3.82. The van der Waals surface area contributed by atoms with Gasteiger partial charge in [-0.25, -0.2) is 4.57 Å². The zero-order valence-electron chi connectivity index (χ0n) is 23.0. The first kappa shape index (κ1) is 34.2. The second-order valence-corrected chi connectivity index (χ2v) is 11.6. The number of hydrogen-bond acceptors (Lipinski definition) is 6. The Morgan fingerprint density at radius 2 is 1.43 bits per heavy atom. The lowest BCUT2D eigenvalue weighted by molar-refractivity contribution is -0.870. The molecule has 208 valence electrons. The molecule has 9 heteroatoms. The molecule has 35 heavy (non-hydrogen) atoms. The molecule has 0 rings (SSSR count). The second kappa shape index (κ2) is 21.3. The van der Waals surface area contributed by atoms with Crippen LogP contribution in [-0.4, -0.2) is 75.6 Å². The molecule has 0 radical (unpaired) electrons. The summed E-state index contributed by atoms with van der Waals surface area (Å²) in [6, 6.07) is 0. The van der Waals surface area contributed by atoms with E-state index in [4.69, 9.17) is 18.5 Å². The van der Waals surface area contributed by atoms with Gasteiger partial charge in [0.1, 0.15) is 19.3 Å². The molecule has 0 aliphatic heterocycles. The van der Waals surface area contributed by atoms with Crippen LogP contribution in [0.1, 0.15) is 90.9 Å². The number of esters is 1. The normalized spacial score (nSPS) is 14.8. The van der Waals surface area contributed by atoms with E-state index in [2.05, 4.69) is 19.1 Å².